The summed E-state index contributed by atoms with van der Waals surface area (Å²) in [5.74, 6) is -4.44. The summed E-state index contributed by atoms with van der Waals surface area (Å²) in [4.78, 5) is 0. The third kappa shape index (κ3) is 10.1. The molecule has 0 spiro atoms. The lowest BCUT2D eigenvalue weighted by Gasteiger charge is -2.05. The second-order valence-electron chi connectivity index (χ2n) is 4.04. The standard InChI is InChI=1S/C8H7BrF2O.C6H4F2O.C2H4Br2/c9-4-5-12-8-6(10)2-1-3-7(8)11;7-4-2-1-3-5(8)6(4)9;3-1-2-4/h1-3H,4-5H2;1-3,9H;1-2H2. The van der Waals surface area contributed by atoms with E-state index < -0.39 is 29.0 Å². The molecule has 0 atom stereocenters. The van der Waals surface area contributed by atoms with Gasteiger partial charge in [-0.2, -0.15) is 0 Å². The molecule has 0 aliphatic rings. The lowest BCUT2D eigenvalue weighted by atomic mass is 10.3. The van der Waals surface area contributed by atoms with E-state index in [9.17, 15) is 17.6 Å². The van der Waals surface area contributed by atoms with Gasteiger partial charge in [-0.05, 0) is 24.3 Å². The normalized spacial score (nSPS) is 9.40. The number of aromatic hydroxyl groups is 1. The van der Waals surface area contributed by atoms with Crippen molar-refractivity contribution in [2.45, 2.75) is 0 Å². The molecule has 2 rings (SSSR count). The molecule has 2 aromatic carbocycles. The van der Waals surface area contributed by atoms with Crippen LogP contribution in [0.25, 0.3) is 0 Å². The largest absolute Gasteiger partial charge is 0.503 e. The van der Waals surface area contributed by atoms with Crippen molar-refractivity contribution in [3.63, 3.8) is 0 Å². The van der Waals surface area contributed by atoms with Gasteiger partial charge in [0.25, 0.3) is 0 Å². The van der Waals surface area contributed by atoms with E-state index in [1.807, 2.05) is 0 Å². The SMILES string of the molecule is BrCCBr.Fc1cccc(F)c1OCCBr.Oc1c(F)cccc1F. The second kappa shape index (κ2) is 14.4. The Hall–Kier alpha value is -0.800. The van der Waals surface area contributed by atoms with E-state index in [0.717, 1.165) is 34.9 Å². The Morgan fingerprint density at radius 2 is 1.12 bits per heavy atom. The molecule has 0 radical (unpaired) electrons. The Kier molecular flexibility index (Phi) is 13.9. The van der Waals surface area contributed by atoms with Crippen molar-refractivity contribution in [1.82, 2.24) is 0 Å². The first-order chi connectivity index (χ1) is 11.9. The van der Waals surface area contributed by atoms with Gasteiger partial charge in [0.15, 0.2) is 34.8 Å². The summed E-state index contributed by atoms with van der Waals surface area (Å²) < 4.78 is 54.6. The number of rotatable bonds is 4. The Bertz CT molecular complexity index is 588. The fraction of sp³-hybridized carbons (Fsp3) is 0.250. The maximum Gasteiger partial charge on any atom is 0.190 e. The highest BCUT2D eigenvalue weighted by Gasteiger charge is 2.08. The summed E-state index contributed by atoms with van der Waals surface area (Å²) in [6.07, 6.45) is 0. The average Bonchev–Trinajstić information content (AvgIpc) is 2.60. The van der Waals surface area contributed by atoms with E-state index in [4.69, 9.17) is 9.84 Å². The minimum Gasteiger partial charge on any atom is -0.503 e. The molecule has 1 N–H and O–H groups in total. The molecule has 0 bridgehead atoms. The monoisotopic (exact) mass is 552 g/mol. The van der Waals surface area contributed by atoms with Crippen LogP contribution in [0.3, 0.4) is 0 Å². The molecule has 2 nitrogen and oxygen atoms in total. The van der Waals surface area contributed by atoms with Crippen molar-refractivity contribution < 1.29 is 27.4 Å². The van der Waals surface area contributed by atoms with Crippen LogP contribution < -0.4 is 4.74 Å². The molecular formula is C16H15Br3F4O2. The number of halogens is 7. The number of hydrogen-bond acceptors (Lipinski definition) is 2. The Morgan fingerprint density at radius 3 is 1.44 bits per heavy atom. The predicted molar refractivity (Wildman–Crippen MR) is 101 cm³/mol. The molecule has 0 saturated carbocycles. The molecule has 0 unspecified atom stereocenters. The first-order valence-electron chi connectivity index (χ1n) is 6.76. The van der Waals surface area contributed by atoms with Crippen LogP contribution in [0.1, 0.15) is 0 Å². The van der Waals surface area contributed by atoms with Gasteiger partial charge in [-0.3, -0.25) is 0 Å². The number of phenols is 1. The predicted octanol–water partition coefficient (Wildman–Crippen LogP) is 6.19. The zero-order valence-corrected chi connectivity index (χ0v) is 17.6. The van der Waals surface area contributed by atoms with Gasteiger partial charge in [0.2, 0.25) is 0 Å². The van der Waals surface area contributed by atoms with Crippen LogP contribution in [-0.2, 0) is 0 Å². The number of benzene rings is 2. The zero-order valence-electron chi connectivity index (χ0n) is 12.8. The van der Waals surface area contributed by atoms with Crippen molar-refractivity contribution in [2.75, 3.05) is 22.6 Å². The lowest BCUT2D eigenvalue weighted by Crippen LogP contribution is -2.01. The third-order valence-electron chi connectivity index (χ3n) is 2.25. The summed E-state index contributed by atoms with van der Waals surface area (Å²) in [6.45, 7) is 0.248. The van der Waals surface area contributed by atoms with Gasteiger partial charge in [0, 0.05) is 16.0 Å². The molecule has 25 heavy (non-hydrogen) atoms. The zero-order chi connectivity index (χ0) is 19.2. The number of alkyl halides is 3. The van der Waals surface area contributed by atoms with Gasteiger partial charge in [-0.1, -0.05) is 59.9 Å². The first-order valence-corrected chi connectivity index (χ1v) is 10.1. The van der Waals surface area contributed by atoms with Crippen LogP contribution >= 0.6 is 47.8 Å². The van der Waals surface area contributed by atoms with E-state index in [-0.39, 0.29) is 12.4 Å². The number of ether oxygens (including phenoxy) is 1. The van der Waals surface area contributed by atoms with Crippen LogP contribution in [0, 0.1) is 23.3 Å². The number of hydrogen-bond donors (Lipinski definition) is 1. The molecule has 9 heteroatoms. The third-order valence-corrected chi connectivity index (χ3v) is 4.43. The molecule has 0 aliphatic heterocycles. The molecule has 0 heterocycles. The minimum absolute atomic E-state index is 0.248. The Morgan fingerprint density at radius 1 is 0.720 bits per heavy atom. The first kappa shape index (κ1) is 24.2. The quantitative estimate of drug-likeness (QED) is 0.361. The van der Waals surface area contributed by atoms with Crippen LogP contribution in [0.2, 0.25) is 0 Å². The van der Waals surface area contributed by atoms with Crippen LogP contribution in [0.4, 0.5) is 17.6 Å². The average molecular weight is 555 g/mol. The van der Waals surface area contributed by atoms with Gasteiger partial charge >= 0.3 is 0 Å². The Balaban J connectivity index is 0.000000391. The molecule has 0 aliphatic carbocycles. The van der Waals surface area contributed by atoms with E-state index in [2.05, 4.69) is 47.8 Å². The van der Waals surface area contributed by atoms with E-state index in [0.29, 0.717) is 5.33 Å². The van der Waals surface area contributed by atoms with E-state index >= 15 is 0 Å². The maximum atomic E-state index is 12.8. The molecule has 0 saturated heterocycles. The lowest BCUT2D eigenvalue weighted by molar-refractivity contribution is 0.306. The fourth-order valence-corrected chi connectivity index (χ4v) is 1.41. The van der Waals surface area contributed by atoms with Gasteiger partial charge in [-0.25, -0.2) is 17.6 Å². The highest BCUT2D eigenvalue weighted by atomic mass is 79.9. The highest BCUT2D eigenvalue weighted by Crippen LogP contribution is 2.20. The topological polar surface area (TPSA) is 29.5 Å². The van der Waals surface area contributed by atoms with Crippen molar-refractivity contribution in [1.29, 1.82) is 0 Å². The second-order valence-corrected chi connectivity index (χ2v) is 6.42. The Labute approximate surface area is 168 Å². The molecule has 0 aromatic heterocycles. The maximum absolute atomic E-state index is 12.8. The summed E-state index contributed by atoms with van der Waals surface area (Å²) in [6, 6.07) is 6.77. The number of phenolic OH excluding ortho intramolecular Hbond substituents is 1. The summed E-state index contributed by atoms with van der Waals surface area (Å²) >= 11 is 9.49. The fourth-order valence-electron chi connectivity index (χ4n) is 1.25. The summed E-state index contributed by atoms with van der Waals surface area (Å²) in [5, 5.41) is 11.1. The van der Waals surface area contributed by atoms with Crippen molar-refractivity contribution in [2.24, 2.45) is 0 Å². The molecule has 0 amide bonds. The van der Waals surface area contributed by atoms with Crippen LogP contribution in [-0.4, -0.2) is 27.7 Å². The van der Waals surface area contributed by atoms with Gasteiger partial charge in [0.1, 0.15) is 0 Å². The molecule has 140 valence electrons. The smallest absolute Gasteiger partial charge is 0.190 e. The molecular weight excluding hydrogens is 540 g/mol. The van der Waals surface area contributed by atoms with Crippen molar-refractivity contribution >= 4 is 47.8 Å². The summed E-state index contributed by atoms with van der Waals surface area (Å²) in [7, 11) is 0. The van der Waals surface area contributed by atoms with Crippen LogP contribution in [0.5, 0.6) is 11.5 Å². The van der Waals surface area contributed by atoms with E-state index in [1.54, 1.807) is 0 Å². The van der Waals surface area contributed by atoms with Gasteiger partial charge < -0.3 is 9.84 Å². The van der Waals surface area contributed by atoms with Crippen LogP contribution in [0.15, 0.2) is 36.4 Å². The van der Waals surface area contributed by atoms with Gasteiger partial charge in [0.05, 0.1) is 6.61 Å². The van der Waals surface area contributed by atoms with E-state index in [1.165, 1.54) is 12.1 Å². The number of para-hydroxylation sites is 2. The van der Waals surface area contributed by atoms with Crippen molar-refractivity contribution in [3.05, 3.63) is 59.7 Å². The molecule has 2 aromatic rings. The molecule has 0 fully saturated rings. The highest BCUT2D eigenvalue weighted by molar-refractivity contribution is 9.12. The van der Waals surface area contributed by atoms with Crippen molar-refractivity contribution in [3.8, 4) is 11.5 Å². The van der Waals surface area contributed by atoms with Gasteiger partial charge in [-0.15, -0.1) is 0 Å². The minimum atomic E-state index is -0.935. The summed E-state index contributed by atoms with van der Waals surface area (Å²) in [5.41, 5.74) is 0.